The summed E-state index contributed by atoms with van der Waals surface area (Å²) in [5.74, 6) is 1.61. The molecule has 0 fully saturated rings. The van der Waals surface area contributed by atoms with Gasteiger partial charge in [-0.15, -0.1) is 54.0 Å². The summed E-state index contributed by atoms with van der Waals surface area (Å²) >= 11 is 1.83. The molecule has 3 heterocycles. The molecular formula is C51H47IrN3SSi-2. The second-order valence-electron chi connectivity index (χ2n) is 15.9. The van der Waals surface area contributed by atoms with Crippen molar-refractivity contribution in [3.8, 4) is 39.5 Å². The molecule has 6 heteroatoms. The third kappa shape index (κ3) is 8.10. The summed E-state index contributed by atoms with van der Waals surface area (Å²) in [5.41, 5.74) is 10.9. The predicted octanol–water partition coefficient (Wildman–Crippen LogP) is 13.9. The van der Waals surface area contributed by atoms with E-state index in [1.165, 1.54) is 59.4 Å². The second-order valence-corrected chi connectivity index (χ2v) is 22.0. The van der Waals surface area contributed by atoms with Crippen molar-refractivity contribution in [2.24, 2.45) is 0 Å². The van der Waals surface area contributed by atoms with Gasteiger partial charge in [0.05, 0.1) is 24.9 Å². The summed E-state index contributed by atoms with van der Waals surface area (Å²) in [6.07, 6.45) is 1.87. The molecule has 0 N–H and O–H groups in total. The molecule has 1 radical (unpaired) electrons. The molecule has 0 atom stereocenters. The minimum absolute atomic E-state index is 0. The van der Waals surface area contributed by atoms with Crippen LogP contribution in [-0.2, 0) is 20.1 Å². The molecule has 287 valence electrons. The molecule has 6 aromatic carbocycles. The number of para-hydroxylation sites is 2. The number of thiophene rings is 1. The maximum Gasteiger partial charge on any atom is 0.0795 e. The van der Waals surface area contributed by atoms with E-state index in [0.29, 0.717) is 23.1 Å². The molecule has 0 saturated carbocycles. The van der Waals surface area contributed by atoms with Gasteiger partial charge in [-0.3, -0.25) is 4.98 Å². The van der Waals surface area contributed by atoms with Crippen molar-refractivity contribution in [1.29, 1.82) is 0 Å². The molecule has 0 aliphatic carbocycles. The van der Waals surface area contributed by atoms with Gasteiger partial charge in [0.25, 0.3) is 0 Å². The van der Waals surface area contributed by atoms with Gasteiger partial charge in [0.1, 0.15) is 0 Å². The van der Waals surface area contributed by atoms with Crippen molar-refractivity contribution < 1.29 is 24.2 Å². The van der Waals surface area contributed by atoms with Crippen LogP contribution in [0.15, 0.2) is 146 Å². The first-order valence-electron chi connectivity index (χ1n) is 20.8. The monoisotopic (exact) mass is 957 g/mol. The van der Waals surface area contributed by atoms with Crippen LogP contribution < -0.4 is 5.19 Å². The van der Waals surface area contributed by atoms with E-state index in [1.807, 2.05) is 23.6 Å². The van der Waals surface area contributed by atoms with Gasteiger partial charge >= 0.3 is 0 Å². The van der Waals surface area contributed by atoms with E-state index in [0.717, 1.165) is 22.4 Å². The van der Waals surface area contributed by atoms with Gasteiger partial charge < -0.3 is 9.55 Å². The van der Waals surface area contributed by atoms with Crippen molar-refractivity contribution in [3.63, 3.8) is 0 Å². The maximum absolute atomic E-state index is 7.64. The number of hydrogen-bond donors (Lipinski definition) is 0. The van der Waals surface area contributed by atoms with Gasteiger partial charge in [0.2, 0.25) is 0 Å². The van der Waals surface area contributed by atoms with Crippen LogP contribution in [0.25, 0.3) is 70.7 Å². The second kappa shape index (κ2) is 16.9. The molecule has 57 heavy (non-hydrogen) atoms. The Bertz CT molecular complexity index is 2920. The zero-order valence-corrected chi connectivity index (χ0v) is 37.6. The maximum atomic E-state index is 7.64. The third-order valence-corrected chi connectivity index (χ3v) is 13.6. The largest absolute Gasteiger partial charge is 0.333 e. The fourth-order valence-electron chi connectivity index (χ4n) is 7.31. The Kier molecular flexibility index (Phi) is 10.8. The summed E-state index contributed by atoms with van der Waals surface area (Å²) in [6.45, 7) is 16.0. The number of aromatic nitrogens is 3. The molecule has 0 bridgehead atoms. The van der Waals surface area contributed by atoms with E-state index in [9.17, 15) is 0 Å². The fourth-order valence-corrected chi connectivity index (χ4v) is 9.54. The molecule has 0 spiro atoms. The van der Waals surface area contributed by atoms with Crippen molar-refractivity contribution in [1.82, 2.24) is 14.5 Å². The summed E-state index contributed by atoms with van der Waals surface area (Å²) in [6, 6.07) is 48.8. The average molecular weight is 957 g/mol. The van der Waals surface area contributed by atoms with E-state index < -0.39 is 8.07 Å². The van der Waals surface area contributed by atoms with Crippen LogP contribution >= 0.6 is 11.3 Å². The number of rotatable bonds is 7. The van der Waals surface area contributed by atoms with E-state index in [2.05, 4.69) is 178 Å². The van der Waals surface area contributed by atoms with E-state index in [4.69, 9.17) is 9.10 Å². The zero-order valence-electron chi connectivity index (χ0n) is 36.4. The Hall–Kier alpha value is -4.97. The Labute approximate surface area is 360 Å². The summed E-state index contributed by atoms with van der Waals surface area (Å²) in [7, 11) is -1.36. The van der Waals surface area contributed by atoms with Gasteiger partial charge in [-0.25, -0.2) is 0 Å². The fraction of sp³-hybridized carbons (Fsp3) is 0.176. The first-order valence-corrected chi connectivity index (χ1v) is 23.6. The molecule has 0 unspecified atom stereocenters. The van der Waals surface area contributed by atoms with Crippen LogP contribution in [0, 0.1) is 12.1 Å². The van der Waals surface area contributed by atoms with Crippen LogP contribution in [0.3, 0.4) is 0 Å². The molecule has 0 aliphatic heterocycles. The first kappa shape index (κ1) is 36.4. The van der Waals surface area contributed by atoms with Crippen LogP contribution in [-0.4, -0.2) is 22.6 Å². The molecule has 3 aromatic heterocycles. The Morgan fingerprint density at radius 3 is 2.11 bits per heavy atom. The Morgan fingerprint density at radius 2 is 1.42 bits per heavy atom. The third-order valence-electron chi connectivity index (χ3n) is 10.3. The van der Waals surface area contributed by atoms with Gasteiger partial charge in [0.15, 0.2) is 0 Å². The van der Waals surface area contributed by atoms with E-state index in [1.54, 1.807) is 0 Å². The number of fused-ring (bicyclic) bond motifs is 4. The quantitative estimate of drug-likeness (QED) is 0.118. The number of hydrogen-bond acceptors (Lipinski definition) is 3. The number of benzene rings is 6. The molecule has 9 rings (SSSR count). The first-order chi connectivity index (χ1) is 28.3. The van der Waals surface area contributed by atoms with Crippen LogP contribution in [0.4, 0.5) is 0 Å². The van der Waals surface area contributed by atoms with E-state index >= 15 is 0 Å². The molecule has 0 aliphatic rings. The Balaban J connectivity index is 0.000000230. The van der Waals surface area contributed by atoms with Crippen molar-refractivity contribution >= 4 is 55.8 Å². The molecule has 3 nitrogen and oxygen atoms in total. The standard InChI is InChI=1S/C37H31N2S.C14H16NSi.Ir/c1-23(2)30-21-26(25-13-6-5-7-14-25)22-31(24(3)4)35(30)39-33-19-10-9-18-32(33)38-37(39)29-17-12-16-28-27-15-8-11-20-34(27)40-36(28)29;1-16(2,3)13-9-10-14(15-11-13)12-7-5-4-6-8-12;/h5-16,18-24H,1-4H3;4-7,9-11H,1-3H3;/q2*-1;/i;4D,5D,6D;. The van der Waals surface area contributed by atoms with Gasteiger partial charge in [-0.2, -0.15) is 11.3 Å². The summed E-state index contributed by atoms with van der Waals surface area (Å²) in [5, 5.41) is 3.82. The summed E-state index contributed by atoms with van der Waals surface area (Å²) in [4.78, 5) is 9.70. The van der Waals surface area contributed by atoms with Crippen LogP contribution in [0.2, 0.25) is 19.6 Å². The van der Waals surface area contributed by atoms with Crippen molar-refractivity contribution in [2.75, 3.05) is 0 Å². The minimum Gasteiger partial charge on any atom is -0.333 e. The van der Waals surface area contributed by atoms with Gasteiger partial charge in [-0.1, -0.05) is 131 Å². The molecule has 0 amide bonds. The normalized spacial score (nSPS) is 12.3. The van der Waals surface area contributed by atoms with Crippen molar-refractivity contribution in [2.45, 2.75) is 59.2 Å². The zero-order chi connectivity index (χ0) is 41.6. The van der Waals surface area contributed by atoms with Crippen LogP contribution in [0.1, 0.15) is 54.8 Å². The summed E-state index contributed by atoms with van der Waals surface area (Å²) < 4.78 is 27.7. The molecular weight excluding hydrogens is 907 g/mol. The van der Waals surface area contributed by atoms with Gasteiger partial charge in [0, 0.05) is 39.4 Å². The molecule has 9 aromatic rings. The minimum atomic E-state index is -1.36. The Morgan fingerprint density at radius 1 is 0.719 bits per heavy atom. The van der Waals surface area contributed by atoms with E-state index in [-0.39, 0.29) is 38.2 Å². The number of nitrogens with zero attached hydrogens (tertiary/aromatic N) is 3. The number of pyridine rings is 1. The smallest absolute Gasteiger partial charge is 0.0795 e. The van der Waals surface area contributed by atoms with Gasteiger partial charge in [-0.05, 0) is 86.8 Å². The SMILES string of the molecule is CC(C)c1cc(-c2ccccc2)cc(C(C)C)c1-n1c(-c2[c-]ccc3c2sc2ccccc23)nc2ccccc21.[2H]c1[c-]c(-c2ccc([Si](C)(C)C)cn2)cc([2H])c1[2H].[Ir]. The number of imidazole rings is 1. The predicted molar refractivity (Wildman–Crippen MR) is 243 cm³/mol. The van der Waals surface area contributed by atoms with Crippen molar-refractivity contribution in [3.05, 3.63) is 169 Å². The van der Waals surface area contributed by atoms with Crippen LogP contribution in [0.5, 0.6) is 0 Å². The topological polar surface area (TPSA) is 30.7 Å². The average Bonchev–Trinajstić information content (AvgIpc) is 3.81. The molecule has 0 saturated heterocycles.